The summed E-state index contributed by atoms with van der Waals surface area (Å²) >= 11 is 0. The zero-order chi connectivity index (χ0) is 26.2. The molecule has 0 heterocycles. The zero-order valence-electron chi connectivity index (χ0n) is 21.9. The summed E-state index contributed by atoms with van der Waals surface area (Å²) in [6.07, 6.45) is 0.568. The lowest BCUT2D eigenvalue weighted by Gasteiger charge is -2.33. The Balaban J connectivity index is 5.99. The first-order chi connectivity index (χ1) is 14.7. The lowest BCUT2D eigenvalue weighted by atomic mass is 10.1. The van der Waals surface area contributed by atoms with Crippen LogP contribution in [0.5, 0.6) is 0 Å². The van der Waals surface area contributed by atoms with E-state index in [-0.39, 0.29) is 18.9 Å². The molecule has 9 nitrogen and oxygen atoms in total. The second-order valence-electron chi connectivity index (χ2n) is 10.8. The van der Waals surface area contributed by atoms with Gasteiger partial charge in [-0.1, -0.05) is 6.08 Å². The topological polar surface area (TPSA) is 108 Å². The van der Waals surface area contributed by atoms with Gasteiger partial charge in [-0.2, -0.15) is 4.90 Å². The average Bonchev–Trinajstić information content (AvgIpc) is 2.51. The van der Waals surface area contributed by atoms with Crippen LogP contribution in [0.3, 0.4) is 0 Å². The maximum atomic E-state index is 13.0. The largest absolute Gasteiger partial charge is 0.460 e. The molecule has 0 radical (unpaired) electrons. The molecule has 0 rings (SSSR count). The summed E-state index contributed by atoms with van der Waals surface area (Å²) in [4.78, 5) is 51.3. The van der Waals surface area contributed by atoms with Gasteiger partial charge in [-0.25, -0.2) is 19.2 Å². The summed E-state index contributed by atoms with van der Waals surface area (Å²) in [7, 11) is 0. The SMILES string of the molecule is CC(C)OC(=O)/C=C/CC[C@@H](C(=O)OC(C)(C)C)N(C(=O)OC(C)(C)C)C(=O)OC(C)(C)C. The van der Waals surface area contributed by atoms with Crippen LogP contribution in [0.15, 0.2) is 12.2 Å². The molecule has 0 bridgehead atoms. The van der Waals surface area contributed by atoms with Crippen LogP contribution in [0, 0.1) is 0 Å². The third-order valence-corrected chi connectivity index (χ3v) is 3.38. The Morgan fingerprint density at radius 2 is 1.18 bits per heavy atom. The van der Waals surface area contributed by atoms with E-state index in [2.05, 4.69) is 0 Å². The maximum Gasteiger partial charge on any atom is 0.420 e. The molecule has 0 fully saturated rings. The molecular formula is C24H41NO8. The fourth-order valence-electron chi connectivity index (χ4n) is 2.38. The van der Waals surface area contributed by atoms with Gasteiger partial charge in [0.05, 0.1) is 6.10 Å². The Hall–Kier alpha value is -2.58. The number of nitrogens with zero attached hydrogens (tertiary/aromatic N) is 1. The Labute approximate surface area is 197 Å². The quantitative estimate of drug-likeness (QED) is 0.285. The second-order valence-corrected chi connectivity index (χ2v) is 10.8. The molecule has 0 spiro atoms. The van der Waals surface area contributed by atoms with Crippen molar-refractivity contribution in [2.45, 2.75) is 118 Å². The molecule has 0 saturated carbocycles. The maximum absolute atomic E-state index is 13.0. The van der Waals surface area contributed by atoms with Gasteiger partial charge in [-0.05, 0) is 89.0 Å². The van der Waals surface area contributed by atoms with Gasteiger partial charge in [-0.3, -0.25) is 0 Å². The van der Waals surface area contributed by atoms with Crippen molar-refractivity contribution in [3.05, 3.63) is 12.2 Å². The first-order valence-corrected chi connectivity index (χ1v) is 11.1. The number of ether oxygens (including phenoxy) is 4. The van der Waals surface area contributed by atoms with E-state index >= 15 is 0 Å². The van der Waals surface area contributed by atoms with E-state index in [0.29, 0.717) is 4.90 Å². The van der Waals surface area contributed by atoms with Crippen LogP contribution in [0.1, 0.15) is 89.0 Å². The number of esters is 2. The molecule has 0 aromatic rings. The van der Waals surface area contributed by atoms with Gasteiger partial charge < -0.3 is 18.9 Å². The highest BCUT2D eigenvalue weighted by atomic mass is 16.6. The summed E-state index contributed by atoms with van der Waals surface area (Å²) in [6, 6.07) is -1.33. The molecule has 190 valence electrons. The smallest absolute Gasteiger partial charge is 0.420 e. The molecule has 9 heteroatoms. The van der Waals surface area contributed by atoms with Crippen LogP contribution in [0.2, 0.25) is 0 Å². The summed E-state index contributed by atoms with van der Waals surface area (Å²) < 4.78 is 21.2. The summed E-state index contributed by atoms with van der Waals surface area (Å²) in [5, 5.41) is 0. The second kappa shape index (κ2) is 12.0. The Morgan fingerprint density at radius 1 is 0.758 bits per heavy atom. The monoisotopic (exact) mass is 471 g/mol. The molecule has 0 aliphatic heterocycles. The van der Waals surface area contributed by atoms with Crippen LogP contribution in [0.4, 0.5) is 9.59 Å². The molecule has 1 atom stereocenters. The standard InChI is InChI=1S/C24H41NO8/c1-16(2)30-18(26)15-13-12-14-17(19(27)31-22(3,4)5)25(20(28)32-23(6,7)8)21(29)33-24(9,10)11/h13,15-17H,12,14H2,1-11H3/b15-13+/t17-/m0/s1. The van der Waals surface area contributed by atoms with Crippen LogP contribution in [-0.2, 0) is 28.5 Å². The van der Waals surface area contributed by atoms with Gasteiger partial charge in [0.1, 0.15) is 22.8 Å². The third-order valence-electron chi connectivity index (χ3n) is 3.38. The summed E-state index contributed by atoms with van der Waals surface area (Å²) in [5.74, 6) is -1.33. The van der Waals surface area contributed by atoms with Crippen molar-refractivity contribution in [1.82, 2.24) is 4.90 Å². The number of rotatable bonds is 7. The highest BCUT2D eigenvalue weighted by Crippen LogP contribution is 2.22. The van der Waals surface area contributed by atoms with E-state index in [4.69, 9.17) is 18.9 Å². The van der Waals surface area contributed by atoms with E-state index in [1.54, 1.807) is 76.2 Å². The van der Waals surface area contributed by atoms with Gasteiger partial charge in [0.15, 0.2) is 0 Å². The third kappa shape index (κ3) is 14.2. The highest BCUT2D eigenvalue weighted by molar-refractivity contribution is 5.94. The van der Waals surface area contributed by atoms with Crippen molar-refractivity contribution in [3.63, 3.8) is 0 Å². The fourth-order valence-corrected chi connectivity index (χ4v) is 2.38. The number of amides is 2. The Kier molecular flexibility index (Phi) is 11.1. The molecule has 0 aliphatic carbocycles. The summed E-state index contributed by atoms with van der Waals surface area (Å²) in [5.41, 5.74) is -2.70. The number of hydrogen-bond acceptors (Lipinski definition) is 8. The van der Waals surface area contributed by atoms with E-state index in [0.717, 1.165) is 0 Å². The minimum Gasteiger partial charge on any atom is -0.460 e. The molecule has 0 aliphatic rings. The lowest BCUT2D eigenvalue weighted by molar-refractivity contribution is -0.161. The zero-order valence-corrected chi connectivity index (χ0v) is 21.9. The van der Waals surface area contributed by atoms with E-state index < -0.39 is 47.0 Å². The van der Waals surface area contributed by atoms with Gasteiger partial charge in [0.25, 0.3) is 0 Å². The minimum absolute atomic E-state index is 0.0150. The fraction of sp³-hybridized carbons (Fsp3) is 0.750. The Bertz CT molecular complexity index is 692. The van der Waals surface area contributed by atoms with Crippen molar-refractivity contribution in [1.29, 1.82) is 0 Å². The van der Waals surface area contributed by atoms with Gasteiger partial charge >= 0.3 is 24.1 Å². The number of carbonyl (C=O) groups excluding carboxylic acids is 4. The van der Waals surface area contributed by atoms with Crippen LogP contribution >= 0.6 is 0 Å². The number of allylic oxidation sites excluding steroid dienone is 1. The summed E-state index contributed by atoms with van der Waals surface area (Å²) in [6.45, 7) is 18.3. The average molecular weight is 472 g/mol. The molecule has 0 saturated heterocycles. The van der Waals surface area contributed by atoms with Crippen molar-refractivity contribution in [3.8, 4) is 0 Å². The van der Waals surface area contributed by atoms with Gasteiger partial charge in [0, 0.05) is 6.08 Å². The van der Waals surface area contributed by atoms with E-state index in [1.807, 2.05) is 0 Å². The van der Waals surface area contributed by atoms with Crippen LogP contribution in [0.25, 0.3) is 0 Å². The molecular weight excluding hydrogens is 430 g/mol. The van der Waals surface area contributed by atoms with Crippen LogP contribution < -0.4 is 0 Å². The molecule has 0 unspecified atom stereocenters. The first kappa shape index (κ1) is 30.4. The van der Waals surface area contributed by atoms with E-state index in [1.165, 1.54) is 12.2 Å². The lowest BCUT2D eigenvalue weighted by Crippen LogP contribution is -2.53. The number of imide groups is 1. The van der Waals surface area contributed by atoms with Crippen molar-refractivity contribution >= 4 is 24.1 Å². The van der Waals surface area contributed by atoms with Crippen LogP contribution in [-0.4, -0.2) is 58.0 Å². The molecule has 2 amide bonds. The van der Waals surface area contributed by atoms with Gasteiger partial charge in [-0.15, -0.1) is 0 Å². The van der Waals surface area contributed by atoms with Crippen molar-refractivity contribution in [2.24, 2.45) is 0 Å². The van der Waals surface area contributed by atoms with Crippen molar-refractivity contribution in [2.75, 3.05) is 0 Å². The highest BCUT2D eigenvalue weighted by Gasteiger charge is 2.41. The molecule has 0 aromatic carbocycles. The predicted octanol–water partition coefficient (Wildman–Crippen LogP) is 5.16. The first-order valence-electron chi connectivity index (χ1n) is 11.1. The molecule has 33 heavy (non-hydrogen) atoms. The molecule has 0 N–H and O–H groups in total. The molecule has 0 aromatic heterocycles. The number of carbonyl (C=O) groups is 4. The van der Waals surface area contributed by atoms with Crippen molar-refractivity contribution < 1.29 is 38.1 Å². The van der Waals surface area contributed by atoms with Gasteiger partial charge in [0.2, 0.25) is 0 Å². The van der Waals surface area contributed by atoms with E-state index in [9.17, 15) is 19.2 Å². The normalized spacial score (nSPS) is 13.5. The Morgan fingerprint density at radius 3 is 1.55 bits per heavy atom. The predicted molar refractivity (Wildman–Crippen MR) is 124 cm³/mol. The minimum atomic E-state index is -1.33. The number of hydrogen-bond donors (Lipinski definition) is 0.